The van der Waals surface area contributed by atoms with Crippen molar-refractivity contribution in [2.75, 3.05) is 4.90 Å². The Labute approximate surface area is 311 Å². The van der Waals surface area contributed by atoms with Crippen LogP contribution in [0.4, 0.5) is 17.1 Å². The number of hydrogen-bond acceptors (Lipinski definition) is 3. The van der Waals surface area contributed by atoms with E-state index >= 15 is 0 Å². The molecule has 0 radical (unpaired) electrons. The molecular formula is C50H31NO2. The van der Waals surface area contributed by atoms with E-state index in [1.165, 1.54) is 0 Å². The Kier molecular flexibility index (Phi) is 5.71. The van der Waals surface area contributed by atoms with Gasteiger partial charge >= 0.3 is 0 Å². The second kappa shape index (κ2) is 11.7. The van der Waals surface area contributed by atoms with Crippen molar-refractivity contribution in [2.24, 2.45) is 0 Å². The van der Waals surface area contributed by atoms with E-state index in [9.17, 15) is 5.48 Å². The highest BCUT2D eigenvalue weighted by Crippen LogP contribution is 2.45. The highest BCUT2D eigenvalue weighted by molar-refractivity contribution is 6.19. The van der Waals surface area contributed by atoms with Crippen LogP contribution >= 0.6 is 0 Å². The van der Waals surface area contributed by atoms with Crippen molar-refractivity contribution in [2.45, 2.75) is 0 Å². The number of anilines is 3. The van der Waals surface area contributed by atoms with E-state index in [0.717, 1.165) is 71.0 Å². The molecule has 0 saturated carbocycles. The average molecular weight is 682 g/mol. The molecule has 3 heteroatoms. The van der Waals surface area contributed by atoms with Crippen LogP contribution in [0.2, 0.25) is 0 Å². The summed E-state index contributed by atoms with van der Waals surface area (Å²) in [6.45, 7) is 0. The number of nitrogens with zero attached hydrogens (tertiary/aromatic N) is 1. The van der Waals surface area contributed by atoms with E-state index in [1.54, 1.807) is 0 Å². The summed E-state index contributed by atoms with van der Waals surface area (Å²) in [6, 6.07) is 53.4. The number of benzene rings is 9. The number of hydrogen-bond donors (Lipinski definition) is 0. The summed E-state index contributed by atoms with van der Waals surface area (Å²) >= 11 is 0. The lowest BCUT2D eigenvalue weighted by atomic mass is 9.98. The van der Waals surface area contributed by atoms with Gasteiger partial charge in [0.15, 0.2) is 0 Å². The SMILES string of the molecule is [2H]c1c([2H])c(N(c2ccc(-c3ccc4c(c3)oc3ccccc34)cc2)c2cccc3oc4c5ccccc5ccc4c23)c([2H])c([2H])c1-c1cccc2ccccc12. The van der Waals surface area contributed by atoms with Crippen molar-refractivity contribution in [3.05, 3.63) is 188 Å². The summed E-state index contributed by atoms with van der Waals surface area (Å²) in [7, 11) is 0. The van der Waals surface area contributed by atoms with Crippen molar-refractivity contribution < 1.29 is 14.3 Å². The van der Waals surface area contributed by atoms with Crippen LogP contribution in [0.15, 0.2) is 197 Å². The Hall–Kier alpha value is -7.10. The fourth-order valence-electron chi connectivity index (χ4n) is 7.81. The molecule has 0 aliphatic rings. The molecule has 3 nitrogen and oxygen atoms in total. The maximum atomic E-state index is 9.64. The highest BCUT2D eigenvalue weighted by Gasteiger charge is 2.21. The van der Waals surface area contributed by atoms with E-state index in [1.807, 2.05) is 126 Å². The molecule has 248 valence electrons. The molecule has 11 aromatic rings. The van der Waals surface area contributed by atoms with Crippen LogP contribution in [0.5, 0.6) is 0 Å². The number of fused-ring (bicyclic) bond motifs is 9. The normalized spacial score (nSPS) is 12.8. The molecule has 11 rings (SSSR count). The summed E-state index contributed by atoms with van der Waals surface area (Å²) in [5.41, 5.74) is 7.42. The molecule has 0 fully saturated rings. The van der Waals surface area contributed by atoms with Crippen molar-refractivity contribution in [3.8, 4) is 22.3 Å². The van der Waals surface area contributed by atoms with Crippen LogP contribution in [-0.2, 0) is 0 Å². The number of rotatable bonds is 5. The summed E-state index contributed by atoms with van der Waals surface area (Å²) < 4.78 is 51.0. The first kappa shape index (κ1) is 25.8. The van der Waals surface area contributed by atoms with Gasteiger partial charge < -0.3 is 13.7 Å². The average Bonchev–Trinajstić information content (AvgIpc) is 3.83. The van der Waals surface area contributed by atoms with Crippen LogP contribution in [0, 0.1) is 0 Å². The standard InChI is InChI=1S/C50H31NO2/c1-3-12-39-33(9-1)11-7-15-40(39)35-21-27-38(28-22-35)51(45-16-8-18-47-49(45)44-30-23-34-10-2-4-13-41(34)50(44)53-47)37-25-19-32(20-26-37)36-24-29-43-42-14-5-6-17-46(42)52-48(43)31-36/h1-31H/i21D,22D,27D,28D. The third kappa shape index (κ3) is 4.75. The predicted octanol–water partition coefficient (Wildman–Crippen LogP) is 14.6. The Balaban J connectivity index is 1.14. The monoisotopic (exact) mass is 681 g/mol. The van der Waals surface area contributed by atoms with E-state index < -0.39 is 0 Å². The molecule has 0 aliphatic heterocycles. The Bertz CT molecular complexity index is 3390. The van der Waals surface area contributed by atoms with Gasteiger partial charge in [0.2, 0.25) is 0 Å². The van der Waals surface area contributed by atoms with Gasteiger partial charge in [-0.1, -0.05) is 127 Å². The minimum atomic E-state index is -0.145. The molecule has 0 spiro atoms. The third-order valence-corrected chi connectivity index (χ3v) is 10.3. The maximum absolute atomic E-state index is 9.64. The fourth-order valence-corrected chi connectivity index (χ4v) is 7.81. The van der Waals surface area contributed by atoms with Crippen molar-refractivity contribution in [1.29, 1.82) is 0 Å². The Morgan fingerprint density at radius 2 is 1.04 bits per heavy atom. The van der Waals surface area contributed by atoms with Crippen LogP contribution < -0.4 is 4.90 Å². The van der Waals surface area contributed by atoms with Gasteiger partial charge in [-0.2, -0.15) is 0 Å². The van der Waals surface area contributed by atoms with Gasteiger partial charge in [0.1, 0.15) is 22.3 Å². The minimum absolute atomic E-state index is 0.113. The van der Waals surface area contributed by atoms with Gasteiger partial charge in [-0.05, 0) is 99.0 Å². The second-order valence-electron chi connectivity index (χ2n) is 13.4. The van der Waals surface area contributed by atoms with E-state index in [2.05, 4.69) is 42.5 Å². The first-order valence-corrected chi connectivity index (χ1v) is 17.7. The predicted molar refractivity (Wildman–Crippen MR) is 222 cm³/mol. The molecule has 2 aromatic heterocycles. The van der Waals surface area contributed by atoms with Crippen LogP contribution in [0.1, 0.15) is 5.48 Å². The molecule has 53 heavy (non-hydrogen) atoms. The first-order chi connectivity index (χ1) is 27.9. The zero-order chi connectivity index (χ0) is 38.4. The molecule has 0 bridgehead atoms. The maximum Gasteiger partial charge on any atom is 0.143 e. The largest absolute Gasteiger partial charge is 0.456 e. The van der Waals surface area contributed by atoms with E-state index in [-0.39, 0.29) is 35.4 Å². The lowest BCUT2D eigenvalue weighted by Crippen LogP contribution is -2.10. The minimum Gasteiger partial charge on any atom is -0.456 e. The third-order valence-electron chi connectivity index (χ3n) is 10.3. The molecule has 0 amide bonds. The van der Waals surface area contributed by atoms with E-state index in [0.29, 0.717) is 22.5 Å². The first-order valence-electron chi connectivity index (χ1n) is 19.7. The van der Waals surface area contributed by atoms with Crippen molar-refractivity contribution in [1.82, 2.24) is 0 Å². The molecule has 9 aromatic carbocycles. The fraction of sp³-hybridized carbons (Fsp3) is 0. The number of para-hydroxylation sites is 1. The summed E-state index contributed by atoms with van der Waals surface area (Å²) in [6.07, 6.45) is 0. The lowest BCUT2D eigenvalue weighted by molar-refractivity contribution is 0.669. The zero-order valence-electron chi connectivity index (χ0n) is 32.4. The topological polar surface area (TPSA) is 29.5 Å². The van der Waals surface area contributed by atoms with E-state index in [4.69, 9.17) is 8.83 Å². The van der Waals surface area contributed by atoms with Crippen LogP contribution in [0.25, 0.3) is 87.7 Å². The second-order valence-corrected chi connectivity index (χ2v) is 13.4. The molecule has 0 unspecified atom stereocenters. The van der Waals surface area contributed by atoms with Crippen molar-refractivity contribution in [3.63, 3.8) is 0 Å². The summed E-state index contributed by atoms with van der Waals surface area (Å²) in [5, 5.41) is 7.70. The van der Waals surface area contributed by atoms with Gasteiger partial charge in [-0.3, -0.25) is 0 Å². The molecule has 0 atom stereocenters. The molecule has 0 saturated heterocycles. The molecule has 2 heterocycles. The smallest absolute Gasteiger partial charge is 0.143 e. The highest BCUT2D eigenvalue weighted by atomic mass is 16.3. The molecule has 0 N–H and O–H groups in total. The quantitative estimate of drug-likeness (QED) is 0.181. The van der Waals surface area contributed by atoms with Crippen molar-refractivity contribution >= 4 is 82.5 Å². The zero-order valence-corrected chi connectivity index (χ0v) is 28.4. The number of furan rings is 2. The van der Waals surface area contributed by atoms with Gasteiger partial charge in [0.25, 0.3) is 0 Å². The van der Waals surface area contributed by atoms with Crippen LogP contribution in [0.3, 0.4) is 0 Å². The Morgan fingerprint density at radius 1 is 0.396 bits per heavy atom. The van der Waals surface area contributed by atoms with Crippen LogP contribution in [-0.4, -0.2) is 0 Å². The molecule has 0 aliphatic carbocycles. The van der Waals surface area contributed by atoms with Gasteiger partial charge in [0.05, 0.1) is 16.6 Å². The van der Waals surface area contributed by atoms with Gasteiger partial charge in [-0.25, -0.2) is 0 Å². The molecular weight excluding hydrogens is 647 g/mol. The summed E-state index contributed by atoms with van der Waals surface area (Å²) in [5.74, 6) is 0. The summed E-state index contributed by atoms with van der Waals surface area (Å²) in [4.78, 5) is 1.85. The Morgan fingerprint density at radius 3 is 1.89 bits per heavy atom. The van der Waals surface area contributed by atoms with Gasteiger partial charge in [-0.15, -0.1) is 0 Å². The lowest BCUT2D eigenvalue weighted by Gasteiger charge is -2.26. The van der Waals surface area contributed by atoms with Gasteiger partial charge in [0, 0.05) is 32.9 Å².